The molecular formula is C5H4Br2O2. The Balaban J connectivity index is 2.69. The van der Waals surface area contributed by atoms with Crippen LogP contribution >= 0.6 is 31.9 Å². The summed E-state index contributed by atoms with van der Waals surface area (Å²) in [5.41, 5.74) is 0. The molecule has 1 aliphatic heterocycles. The van der Waals surface area contributed by atoms with Crippen molar-refractivity contribution in [1.29, 1.82) is 0 Å². The van der Waals surface area contributed by atoms with Crippen LogP contribution in [-0.2, 0) is 9.53 Å². The van der Waals surface area contributed by atoms with Gasteiger partial charge >= 0.3 is 5.97 Å². The maximum Gasteiger partial charge on any atom is 0.312 e. The summed E-state index contributed by atoms with van der Waals surface area (Å²) in [7, 11) is 0. The molecule has 9 heavy (non-hydrogen) atoms. The van der Waals surface area contributed by atoms with E-state index in [0.717, 1.165) is 0 Å². The van der Waals surface area contributed by atoms with Crippen molar-refractivity contribution in [3.05, 3.63) is 10.7 Å². The topological polar surface area (TPSA) is 26.3 Å². The lowest BCUT2D eigenvalue weighted by Crippen LogP contribution is -1.90. The molecule has 0 aromatic carbocycles. The van der Waals surface area contributed by atoms with Crippen molar-refractivity contribution in [2.45, 2.75) is 11.2 Å². The van der Waals surface area contributed by atoms with E-state index in [4.69, 9.17) is 4.74 Å². The van der Waals surface area contributed by atoms with Crippen molar-refractivity contribution in [2.24, 2.45) is 0 Å². The highest BCUT2D eigenvalue weighted by atomic mass is 79.9. The number of allylic oxidation sites excluding steroid dienone is 1. The smallest absolute Gasteiger partial charge is 0.312 e. The molecule has 1 aliphatic rings. The molecule has 1 heterocycles. The van der Waals surface area contributed by atoms with E-state index in [1.807, 2.05) is 0 Å². The number of cyclic esters (lactones) is 1. The largest absolute Gasteiger partial charge is 0.429 e. The lowest BCUT2D eigenvalue weighted by Gasteiger charge is -1.94. The second kappa shape index (κ2) is 2.84. The lowest BCUT2D eigenvalue weighted by molar-refractivity contribution is -0.135. The van der Waals surface area contributed by atoms with Gasteiger partial charge in [-0.3, -0.25) is 4.79 Å². The summed E-state index contributed by atoms with van der Waals surface area (Å²) in [6.45, 7) is 0. The van der Waals surface area contributed by atoms with Crippen molar-refractivity contribution in [3.63, 3.8) is 0 Å². The Morgan fingerprint density at radius 1 is 1.78 bits per heavy atom. The minimum atomic E-state index is -0.178. The fourth-order valence-electron chi connectivity index (χ4n) is 0.575. The summed E-state index contributed by atoms with van der Waals surface area (Å²) in [5.74, 6) is 0.475. The third-order valence-corrected chi connectivity index (χ3v) is 2.22. The number of ether oxygens (including phenoxy) is 1. The van der Waals surface area contributed by atoms with Gasteiger partial charge in [0, 0.05) is 4.99 Å². The van der Waals surface area contributed by atoms with E-state index in [-0.39, 0.29) is 10.8 Å². The normalized spacial score (nSPS) is 31.1. The Hall–Kier alpha value is 0.170. The zero-order chi connectivity index (χ0) is 6.85. The van der Waals surface area contributed by atoms with Gasteiger partial charge in [-0.25, -0.2) is 0 Å². The van der Waals surface area contributed by atoms with Crippen molar-refractivity contribution in [1.82, 2.24) is 0 Å². The fourth-order valence-corrected chi connectivity index (χ4v) is 1.83. The number of carbonyl (C=O) groups is 1. The number of hydrogen-bond acceptors (Lipinski definition) is 2. The first kappa shape index (κ1) is 7.28. The van der Waals surface area contributed by atoms with Gasteiger partial charge in [0.1, 0.15) is 5.76 Å². The van der Waals surface area contributed by atoms with Gasteiger partial charge in [-0.15, -0.1) is 0 Å². The molecule has 1 unspecified atom stereocenters. The van der Waals surface area contributed by atoms with E-state index < -0.39 is 0 Å². The Morgan fingerprint density at radius 2 is 2.44 bits per heavy atom. The molecule has 0 N–H and O–H groups in total. The maximum absolute atomic E-state index is 10.5. The van der Waals surface area contributed by atoms with Crippen molar-refractivity contribution in [2.75, 3.05) is 0 Å². The third-order valence-electron chi connectivity index (χ3n) is 0.994. The Kier molecular flexibility index (Phi) is 2.29. The molecule has 0 bridgehead atoms. The molecule has 1 rings (SSSR count). The molecule has 0 spiro atoms. The average molecular weight is 256 g/mol. The minimum absolute atomic E-state index is 0.0596. The summed E-state index contributed by atoms with van der Waals surface area (Å²) in [4.78, 5) is 12.2. The molecule has 0 aromatic heterocycles. The van der Waals surface area contributed by atoms with Crippen LogP contribution in [0.5, 0.6) is 0 Å². The van der Waals surface area contributed by atoms with Gasteiger partial charge in [0.2, 0.25) is 0 Å². The van der Waals surface area contributed by atoms with Crippen LogP contribution in [0.4, 0.5) is 0 Å². The van der Waals surface area contributed by atoms with Crippen LogP contribution in [-0.4, -0.2) is 10.8 Å². The monoisotopic (exact) mass is 254 g/mol. The van der Waals surface area contributed by atoms with Crippen LogP contribution in [0.3, 0.4) is 0 Å². The van der Waals surface area contributed by atoms with Crippen molar-refractivity contribution < 1.29 is 9.53 Å². The fraction of sp³-hybridized carbons (Fsp3) is 0.400. The first-order valence-electron chi connectivity index (χ1n) is 2.39. The summed E-state index contributed by atoms with van der Waals surface area (Å²) in [5, 5.41) is 0. The van der Waals surface area contributed by atoms with Gasteiger partial charge in [-0.05, 0) is 0 Å². The van der Waals surface area contributed by atoms with Crippen molar-refractivity contribution in [3.8, 4) is 0 Å². The Labute approximate surface area is 69.5 Å². The second-order valence-corrected chi connectivity index (χ2v) is 3.22. The van der Waals surface area contributed by atoms with Gasteiger partial charge in [0.05, 0.1) is 11.2 Å². The molecule has 0 amide bonds. The maximum atomic E-state index is 10.5. The van der Waals surface area contributed by atoms with Crippen LogP contribution in [0.25, 0.3) is 0 Å². The molecule has 0 aromatic rings. The van der Waals surface area contributed by atoms with Crippen LogP contribution in [0.15, 0.2) is 10.7 Å². The SMILES string of the molecule is O=C1CC(Br)/C(=C/Br)O1. The molecule has 0 aliphatic carbocycles. The van der Waals surface area contributed by atoms with Crippen LogP contribution < -0.4 is 0 Å². The molecule has 2 nitrogen and oxygen atoms in total. The third kappa shape index (κ3) is 1.55. The second-order valence-electron chi connectivity index (χ2n) is 1.66. The quantitative estimate of drug-likeness (QED) is 0.489. The highest BCUT2D eigenvalue weighted by molar-refractivity contribution is 9.11. The Bertz CT molecular complexity index is 164. The highest BCUT2D eigenvalue weighted by Gasteiger charge is 2.26. The number of carbonyl (C=O) groups excluding carboxylic acids is 1. The zero-order valence-electron chi connectivity index (χ0n) is 4.43. The van der Waals surface area contributed by atoms with Gasteiger partial charge in [-0.1, -0.05) is 31.9 Å². The molecule has 0 radical (unpaired) electrons. The van der Waals surface area contributed by atoms with Crippen LogP contribution in [0.1, 0.15) is 6.42 Å². The molecule has 4 heteroatoms. The predicted octanol–water partition coefficient (Wildman–Crippen LogP) is 1.93. The number of esters is 1. The molecule has 1 atom stereocenters. The summed E-state index contributed by atoms with van der Waals surface area (Å²) >= 11 is 6.34. The summed E-state index contributed by atoms with van der Waals surface area (Å²) in [6, 6.07) is 0. The molecule has 1 saturated heterocycles. The number of alkyl halides is 1. The number of hydrogen-bond donors (Lipinski definition) is 0. The molecular weight excluding hydrogens is 252 g/mol. The van der Waals surface area contributed by atoms with Gasteiger partial charge in [0.15, 0.2) is 0 Å². The predicted molar refractivity (Wildman–Crippen MR) is 40.4 cm³/mol. The van der Waals surface area contributed by atoms with E-state index in [9.17, 15) is 4.79 Å². The van der Waals surface area contributed by atoms with Crippen LogP contribution in [0.2, 0.25) is 0 Å². The Morgan fingerprint density at radius 3 is 2.67 bits per heavy atom. The van der Waals surface area contributed by atoms with Gasteiger partial charge in [0.25, 0.3) is 0 Å². The molecule has 0 saturated carbocycles. The first-order valence-corrected chi connectivity index (χ1v) is 4.22. The van der Waals surface area contributed by atoms with Gasteiger partial charge < -0.3 is 4.74 Å². The summed E-state index contributed by atoms with van der Waals surface area (Å²) in [6.07, 6.45) is 0.428. The van der Waals surface area contributed by atoms with E-state index in [0.29, 0.717) is 12.2 Å². The summed E-state index contributed by atoms with van der Waals surface area (Å²) < 4.78 is 4.75. The van der Waals surface area contributed by atoms with E-state index >= 15 is 0 Å². The van der Waals surface area contributed by atoms with E-state index in [2.05, 4.69) is 31.9 Å². The van der Waals surface area contributed by atoms with E-state index in [1.165, 1.54) is 0 Å². The zero-order valence-corrected chi connectivity index (χ0v) is 7.61. The first-order chi connectivity index (χ1) is 4.24. The number of rotatable bonds is 0. The van der Waals surface area contributed by atoms with Crippen LogP contribution in [0, 0.1) is 0 Å². The van der Waals surface area contributed by atoms with Gasteiger partial charge in [-0.2, -0.15) is 0 Å². The lowest BCUT2D eigenvalue weighted by atomic mass is 10.3. The molecule has 1 fully saturated rings. The highest BCUT2D eigenvalue weighted by Crippen LogP contribution is 2.26. The average Bonchev–Trinajstić information content (AvgIpc) is 2.10. The van der Waals surface area contributed by atoms with E-state index in [1.54, 1.807) is 4.99 Å². The molecule has 50 valence electrons. The number of halogens is 2. The minimum Gasteiger partial charge on any atom is -0.429 e. The van der Waals surface area contributed by atoms with Crippen molar-refractivity contribution >= 4 is 37.8 Å². The standard InChI is InChI=1S/C5H4Br2O2/c6-2-4-3(7)1-5(8)9-4/h2-3H,1H2/b4-2-.